The van der Waals surface area contributed by atoms with Gasteiger partial charge in [0.05, 0.1) is 12.0 Å². The van der Waals surface area contributed by atoms with Crippen molar-refractivity contribution in [2.24, 2.45) is 0 Å². The molecular formula is C21H24N4O. The largest absolute Gasteiger partial charge is 0.350 e. The summed E-state index contributed by atoms with van der Waals surface area (Å²) in [6.07, 6.45) is 6.30. The van der Waals surface area contributed by atoms with Crippen LogP contribution >= 0.6 is 0 Å². The highest BCUT2D eigenvalue weighted by atomic mass is 16.1. The van der Waals surface area contributed by atoms with Gasteiger partial charge in [-0.2, -0.15) is 0 Å². The van der Waals surface area contributed by atoms with Crippen molar-refractivity contribution in [3.05, 3.63) is 71.9 Å². The Morgan fingerprint density at radius 1 is 1.19 bits per heavy atom. The number of hydrogen-bond donors (Lipinski definition) is 1. The van der Waals surface area contributed by atoms with Gasteiger partial charge < -0.3 is 9.88 Å². The van der Waals surface area contributed by atoms with Crippen LogP contribution < -0.4 is 5.32 Å². The number of imidazole rings is 1. The Morgan fingerprint density at radius 2 is 1.96 bits per heavy atom. The number of aryl methyl sites for hydroxylation is 2. The third-order valence-electron chi connectivity index (χ3n) is 4.57. The summed E-state index contributed by atoms with van der Waals surface area (Å²) in [6, 6.07) is 11.9. The zero-order valence-electron chi connectivity index (χ0n) is 15.4. The van der Waals surface area contributed by atoms with E-state index in [1.807, 2.05) is 48.0 Å². The molecule has 2 heterocycles. The van der Waals surface area contributed by atoms with E-state index in [2.05, 4.69) is 30.2 Å². The molecule has 0 saturated carbocycles. The van der Waals surface area contributed by atoms with Crippen LogP contribution in [0.4, 0.5) is 0 Å². The Hall–Kier alpha value is -2.95. The normalized spacial score (nSPS) is 12.0. The molecule has 26 heavy (non-hydrogen) atoms. The number of hydrogen-bond acceptors (Lipinski definition) is 3. The molecule has 1 aromatic carbocycles. The SMILES string of the molecule is CCc1nc(-c2ccc(C(=O)NC[C@H](C)n3ccnc3)cc2)ccc1C. The molecular weight excluding hydrogens is 324 g/mol. The number of nitrogens with zero attached hydrogens (tertiary/aromatic N) is 3. The van der Waals surface area contributed by atoms with E-state index in [1.54, 1.807) is 12.5 Å². The summed E-state index contributed by atoms with van der Waals surface area (Å²) in [5.41, 5.74) is 4.92. The van der Waals surface area contributed by atoms with Gasteiger partial charge in [-0.05, 0) is 44.0 Å². The molecule has 0 aliphatic heterocycles. The zero-order valence-corrected chi connectivity index (χ0v) is 15.4. The molecule has 3 rings (SSSR count). The van der Waals surface area contributed by atoms with Crippen molar-refractivity contribution < 1.29 is 4.79 Å². The predicted octanol–water partition coefficient (Wildman–Crippen LogP) is 3.81. The lowest BCUT2D eigenvalue weighted by Crippen LogP contribution is -2.29. The molecule has 0 aliphatic rings. The van der Waals surface area contributed by atoms with Crippen molar-refractivity contribution >= 4 is 5.91 Å². The molecule has 5 nitrogen and oxygen atoms in total. The number of pyridine rings is 1. The van der Waals surface area contributed by atoms with E-state index in [-0.39, 0.29) is 11.9 Å². The minimum Gasteiger partial charge on any atom is -0.350 e. The fourth-order valence-electron chi connectivity index (χ4n) is 2.86. The van der Waals surface area contributed by atoms with Crippen LogP contribution in [0.5, 0.6) is 0 Å². The summed E-state index contributed by atoms with van der Waals surface area (Å²) >= 11 is 0. The average Bonchev–Trinajstić information content (AvgIpc) is 3.21. The summed E-state index contributed by atoms with van der Waals surface area (Å²) in [7, 11) is 0. The minimum atomic E-state index is -0.0744. The van der Waals surface area contributed by atoms with Gasteiger partial charge in [0.1, 0.15) is 0 Å². The van der Waals surface area contributed by atoms with E-state index in [0.29, 0.717) is 12.1 Å². The first-order valence-corrected chi connectivity index (χ1v) is 8.91. The molecule has 1 N–H and O–H groups in total. The number of carbonyl (C=O) groups is 1. The maximum Gasteiger partial charge on any atom is 0.251 e. The van der Waals surface area contributed by atoms with E-state index < -0.39 is 0 Å². The second-order valence-electron chi connectivity index (χ2n) is 6.46. The van der Waals surface area contributed by atoms with Crippen molar-refractivity contribution in [2.75, 3.05) is 6.54 Å². The molecule has 134 valence electrons. The molecule has 0 bridgehead atoms. The first-order valence-electron chi connectivity index (χ1n) is 8.91. The van der Waals surface area contributed by atoms with E-state index in [1.165, 1.54) is 5.56 Å². The van der Waals surface area contributed by atoms with E-state index in [0.717, 1.165) is 23.4 Å². The molecule has 0 spiro atoms. The maximum atomic E-state index is 12.4. The van der Waals surface area contributed by atoms with E-state index in [9.17, 15) is 4.79 Å². The molecule has 0 saturated heterocycles. The Labute approximate surface area is 154 Å². The van der Waals surface area contributed by atoms with Crippen LogP contribution in [-0.2, 0) is 6.42 Å². The quantitative estimate of drug-likeness (QED) is 0.737. The van der Waals surface area contributed by atoms with Gasteiger partial charge in [0.15, 0.2) is 0 Å². The third-order valence-corrected chi connectivity index (χ3v) is 4.57. The fraction of sp³-hybridized carbons (Fsp3) is 0.286. The summed E-state index contributed by atoms with van der Waals surface area (Å²) in [4.78, 5) is 21.1. The first kappa shape index (κ1) is 17.9. The van der Waals surface area contributed by atoms with Gasteiger partial charge in [0, 0.05) is 41.8 Å². The Kier molecular flexibility index (Phi) is 5.46. The van der Waals surface area contributed by atoms with Crippen molar-refractivity contribution in [1.82, 2.24) is 19.9 Å². The Balaban J connectivity index is 1.66. The molecule has 0 aliphatic carbocycles. The van der Waals surface area contributed by atoms with Crippen molar-refractivity contribution in [1.29, 1.82) is 0 Å². The summed E-state index contributed by atoms with van der Waals surface area (Å²) in [5, 5.41) is 2.97. The summed E-state index contributed by atoms with van der Waals surface area (Å²) < 4.78 is 1.97. The predicted molar refractivity (Wildman–Crippen MR) is 103 cm³/mol. The standard InChI is InChI=1S/C21H24N4O/c1-4-19-15(2)5-10-20(24-19)17-6-8-18(9-7-17)21(26)23-13-16(3)25-12-11-22-14-25/h5-12,14,16H,4,13H2,1-3H3,(H,23,26)/t16-/m0/s1. The molecule has 2 aromatic heterocycles. The highest BCUT2D eigenvalue weighted by Crippen LogP contribution is 2.20. The second kappa shape index (κ2) is 7.95. The summed E-state index contributed by atoms with van der Waals surface area (Å²) in [5.74, 6) is -0.0744. The van der Waals surface area contributed by atoms with E-state index in [4.69, 9.17) is 4.98 Å². The molecule has 3 aromatic rings. The molecule has 0 radical (unpaired) electrons. The van der Waals surface area contributed by atoms with Crippen molar-refractivity contribution in [3.8, 4) is 11.3 Å². The van der Waals surface area contributed by atoms with Crippen LogP contribution in [0.15, 0.2) is 55.1 Å². The van der Waals surface area contributed by atoms with Crippen LogP contribution in [0.2, 0.25) is 0 Å². The van der Waals surface area contributed by atoms with Crippen LogP contribution in [0.25, 0.3) is 11.3 Å². The lowest BCUT2D eigenvalue weighted by molar-refractivity contribution is 0.0948. The maximum absolute atomic E-state index is 12.4. The molecule has 5 heteroatoms. The van der Waals surface area contributed by atoms with Gasteiger partial charge in [-0.25, -0.2) is 4.98 Å². The highest BCUT2D eigenvalue weighted by Gasteiger charge is 2.10. The third kappa shape index (κ3) is 3.99. The van der Waals surface area contributed by atoms with E-state index >= 15 is 0 Å². The summed E-state index contributed by atoms with van der Waals surface area (Å²) in [6.45, 7) is 6.78. The number of rotatable bonds is 6. The Bertz CT molecular complexity index is 870. The smallest absolute Gasteiger partial charge is 0.251 e. The molecule has 1 amide bonds. The monoisotopic (exact) mass is 348 g/mol. The van der Waals surface area contributed by atoms with Gasteiger partial charge >= 0.3 is 0 Å². The number of amides is 1. The number of benzene rings is 1. The lowest BCUT2D eigenvalue weighted by Gasteiger charge is -2.14. The minimum absolute atomic E-state index is 0.0744. The van der Waals surface area contributed by atoms with Gasteiger partial charge in [-0.3, -0.25) is 9.78 Å². The number of carbonyl (C=O) groups excluding carboxylic acids is 1. The van der Waals surface area contributed by atoms with Crippen LogP contribution in [0.3, 0.4) is 0 Å². The zero-order chi connectivity index (χ0) is 18.5. The highest BCUT2D eigenvalue weighted by molar-refractivity contribution is 5.94. The van der Waals surface area contributed by atoms with Crippen LogP contribution in [0.1, 0.15) is 41.5 Å². The van der Waals surface area contributed by atoms with Crippen LogP contribution in [-0.4, -0.2) is 27.0 Å². The number of nitrogens with one attached hydrogen (secondary N) is 1. The van der Waals surface area contributed by atoms with Gasteiger partial charge in [-0.15, -0.1) is 0 Å². The molecule has 0 unspecified atom stereocenters. The van der Waals surface area contributed by atoms with Crippen molar-refractivity contribution in [2.45, 2.75) is 33.2 Å². The fourth-order valence-corrected chi connectivity index (χ4v) is 2.86. The lowest BCUT2D eigenvalue weighted by atomic mass is 10.1. The molecule has 1 atom stereocenters. The van der Waals surface area contributed by atoms with Crippen LogP contribution in [0, 0.1) is 6.92 Å². The Morgan fingerprint density at radius 3 is 2.62 bits per heavy atom. The van der Waals surface area contributed by atoms with Gasteiger partial charge in [0.2, 0.25) is 0 Å². The van der Waals surface area contributed by atoms with Gasteiger partial charge in [0.25, 0.3) is 5.91 Å². The molecule has 0 fully saturated rings. The van der Waals surface area contributed by atoms with Gasteiger partial charge in [-0.1, -0.05) is 25.1 Å². The topological polar surface area (TPSA) is 59.8 Å². The van der Waals surface area contributed by atoms with Crippen molar-refractivity contribution in [3.63, 3.8) is 0 Å². The number of aromatic nitrogens is 3. The second-order valence-corrected chi connectivity index (χ2v) is 6.46. The first-order chi connectivity index (χ1) is 12.6. The average molecular weight is 348 g/mol.